The summed E-state index contributed by atoms with van der Waals surface area (Å²) in [6, 6.07) is 30.0. The number of aliphatic hydroxyl groups is 1. The van der Waals surface area contributed by atoms with Crippen molar-refractivity contribution in [3.63, 3.8) is 0 Å². The molecule has 6 heteroatoms. The van der Waals surface area contributed by atoms with Crippen LogP contribution in [0.3, 0.4) is 0 Å². The first-order chi connectivity index (χ1) is 11.2. The molecule has 0 bridgehead atoms. The summed E-state index contributed by atoms with van der Waals surface area (Å²) in [4.78, 5) is 11.6. The van der Waals surface area contributed by atoms with Crippen molar-refractivity contribution in [3.05, 3.63) is 91.0 Å². The monoisotopic (exact) mass is 406 g/mol. The van der Waals surface area contributed by atoms with Gasteiger partial charge in [0.25, 0.3) is 8.32 Å². The Morgan fingerprint density at radius 2 is 0.808 bits per heavy atom. The molecule has 0 amide bonds. The summed E-state index contributed by atoms with van der Waals surface area (Å²) in [5.41, 5.74) is 0. The minimum Gasteiger partial charge on any atom is -0.421 e. The predicted molar refractivity (Wildman–Crippen MR) is 106 cm³/mol. The molecule has 0 aliphatic rings. The Kier molecular flexibility index (Phi) is 14.0. The van der Waals surface area contributed by atoms with E-state index in [2.05, 4.69) is 0 Å². The van der Waals surface area contributed by atoms with Crippen molar-refractivity contribution < 1.29 is 42.6 Å². The number of hydrogen-bond donors (Lipinski definition) is 2. The maximum absolute atomic E-state index is 11.6. The number of rotatable bonds is 3. The minimum absolute atomic E-state index is 0. The summed E-state index contributed by atoms with van der Waals surface area (Å²) < 4.78 is 0. The van der Waals surface area contributed by atoms with Gasteiger partial charge < -0.3 is 20.9 Å². The van der Waals surface area contributed by atoms with Gasteiger partial charge in [-0.05, 0) is 22.5 Å². The molecule has 0 spiro atoms. The zero-order valence-electron chi connectivity index (χ0n) is 14.8. The molecule has 138 valence electrons. The minimum atomic E-state index is -2.88. The molecule has 0 saturated heterocycles. The second kappa shape index (κ2) is 13.6. The molecule has 26 heavy (non-hydrogen) atoms. The average Bonchev–Trinajstić information content (AvgIpc) is 2.64. The van der Waals surface area contributed by atoms with Gasteiger partial charge >= 0.3 is 0 Å². The Hall–Kier alpha value is -1.57. The first-order valence-electron chi connectivity index (χ1n) is 7.73. The van der Waals surface area contributed by atoms with E-state index in [9.17, 15) is 4.80 Å². The van der Waals surface area contributed by atoms with Crippen molar-refractivity contribution in [1.29, 1.82) is 0 Å². The molecule has 0 radical (unpaired) electrons. The van der Waals surface area contributed by atoms with Crippen molar-refractivity contribution in [2.24, 2.45) is 0 Å². The smallest absolute Gasteiger partial charge is 0.285 e. The van der Waals surface area contributed by atoms with Gasteiger partial charge in [-0.3, -0.25) is 0 Å². The van der Waals surface area contributed by atoms with Crippen LogP contribution in [-0.4, -0.2) is 35.8 Å². The first kappa shape index (κ1) is 26.7. The third-order valence-corrected chi connectivity index (χ3v) is 7.08. The summed E-state index contributed by atoms with van der Waals surface area (Å²) in [5, 5.41) is 10.6. The van der Waals surface area contributed by atoms with Gasteiger partial charge in [-0.15, -0.1) is 0 Å². The zero-order valence-corrected chi connectivity index (χ0v) is 17.3. The van der Waals surface area contributed by atoms with E-state index in [1.54, 1.807) is 6.92 Å². The fraction of sp³-hybridized carbons (Fsp3) is 0.100. The zero-order chi connectivity index (χ0) is 16.5. The molecule has 0 atom stereocenters. The number of aliphatic hydroxyl groups excluding tert-OH is 1. The van der Waals surface area contributed by atoms with Gasteiger partial charge in [-0.25, -0.2) is 0 Å². The molecule has 0 aromatic heterocycles. The third-order valence-electron chi connectivity index (χ3n) is 3.57. The topological polar surface area (TPSA) is 103 Å². The molecule has 0 unspecified atom stereocenters. The van der Waals surface area contributed by atoms with E-state index in [-0.39, 0.29) is 39.3 Å². The van der Waals surface area contributed by atoms with Crippen LogP contribution < -0.4 is 15.6 Å². The van der Waals surface area contributed by atoms with Crippen LogP contribution in [0.4, 0.5) is 0 Å². The summed E-state index contributed by atoms with van der Waals surface area (Å²) in [6.45, 7) is 1.93. The second-order valence-corrected chi connectivity index (χ2v) is 8.28. The molecular weight excluding hydrogens is 380 g/mol. The molecule has 3 aromatic rings. The molecule has 3 rings (SSSR count). The van der Waals surface area contributed by atoms with Crippen LogP contribution in [0.5, 0.6) is 0 Å². The van der Waals surface area contributed by atoms with Crippen LogP contribution in [0, 0.1) is 0 Å². The van der Waals surface area contributed by atoms with Gasteiger partial charge in [0.1, 0.15) is 0 Å². The van der Waals surface area contributed by atoms with E-state index in [4.69, 9.17) is 5.11 Å². The molecule has 6 N–H and O–H groups in total. The predicted octanol–water partition coefficient (Wildman–Crippen LogP) is -0.00750. The standard InChI is InChI=1S/C18H16OSi.C2H6O.2H2O.Ti/c19-20(16-10-4-1-5-11-16,17-12-6-2-7-13-17)18-14-8-3-9-15-18;1-2-3;;;/h1-15,19H;3H,2H2,1H3;2*1H2;. The molecule has 0 aliphatic heterocycles. The average molecular weight is 406 g/mol. The van der Waals surface area contributed by atoms with Crippen molar-refractivity contribution in [1.82, 2.24) is 0 Å². The van der Waals surface area contributed by atoms with Crippen molar-refractivity contribution in [2.45, 2.75) is 6.92 Å². The Morgan fingerprint density at radius 1 is 0.615 bits per heavy atom. The normalized spacial score (nSPS) is 9.35. The molecule has 4 nitrogen and oxygen atoms in total. The molecule has 0 aliphatic carbocycles. The quantitative estimate of drug-likeness (QED) is 0.472. The van der Waals surface area contributed by atoms with Crippen LogP contribution in [-0.2, 0) is 21.7 Å². The van der Waals surface area contributed by atoms with Gasteiger partial charge in [0, 0.05) is 28.3 Å². The van der Waals surface area contributed by atoms with Crippen LogP contribution in [0.1, 0.15) is 6.92 Å². The molecule has 0 saturated carbocycles. The van der Waals surface area contributed by atoms with Crippen LogP contribution in [0.15, 0.2) is 91.0 Å². The van der Waals surface area contributed by atoms with Crippen LogP contribution in [0.25, 0.3) is 0 Å². The summed E-state index contributed by atoms with van der Waals surface area (Å²) in [5.74, 6) is 0. The van der Waals surface area contributed by atoms with Gasteiger partial charge in [0.05, 0.1) is 0 Å². The van der Waals surface area contributed by atoms with Gasteiger partial charge in [0.15, 0.2) is 0 Å². The Labute approximate surface area is 170 Å². The van der Waals surface area contributed by atoms with Crippen LogP contribution >= 0.6 is 0 Å². The van der Waals surface area contributed by atoms with Crippen LogP contribution in [0.2, 0.25) is 0 Å². The van der Waals surface area contributed by atoms with E-state index in [1.807, 2.05) is 91.0 Å². The van der Waals surface area contributed by atoms with Gasteiger partial charge in [0.2, 0.25) is 0 Å². The fourth-order valence-corrected chi connectivity index (χ4v) is 5.56. The second-order valence-electron chi connectivity index (χ2n) is 5.12. The SMILES string of the molecule is CCO.O.O.O[Si](c1ccccc1)(c1ccccc1)c1ccccc1.[Ti]. The summed E-state index contributed by atoms with van der Waals surface area (Å²) >= 11 is 0. The van der Waals surface area contributed by atoms with E-state index >= 15 is 0 Å². The summed E-state index contributed by atoms with van der Waals surface area (Å²) in [6.07, 6.45) is 0. The van der Waals surface area contributed by atoms with E-state index in [0.717, 1.165) is 15.6 Å². The Bertz CT molecular complexity index is 600. The molecule has 0 fully saturated rings. The largest absolute Gasteiger partial charge is 0.421 e. The van der Waals surface area contributed by atoms with Gasteiger partial charge in [-0.2, -0.15) is 0 Å². The molecule has 3 aromatic carbocycles. The van der Waals surface area contributed by atoms with Crippen molar-refractivity contribution in [3.8, 4) is 0 Å². The molecular formula is C20H26O4SiTi. The fourth-order valence-electron chi connectivity index (χ4n) is 2.54. The third kappa shape index (κ3) is 6.30. The number of hydrogen-bond acceptors (Lipinski definition) is 2. The maximum atomic E-state index is 11.6. The first-order valence-corrected chi connectivity index (χ1v) is 9.68. The van der Waals surface area contributed by atoms with Crippen molar-refractivity contribution >= 4 is 23.9 Å². The molecule has 0 heterocycles. The Balaban J connectivity index is 0. The maximum Gasteiger partial charge on any atom is 0.285 e. The number of benzene rings is 3. The van der Waals surface area contributed by atoms with E-state index in [0.29, 0.717) is 0 Å². The van der Waals surface area contributed by atoms with E-state index < -0.39 is 8.32 Å². The van der Waals surface area contributed by atoms with Crippen molar-refractivity contribution in [2.75, 3.05) is 6.61 Å². The summed E-state index contributed by atoms with van der Waals surface area (Å²) in [7, 11) is -2.88. The van der Waals surface area contributed by atoms with E-state index in [1.165, 1.54) is 0 Å². The Morgan fingerprint density at radius 3 is 1.00 bits per heavy atom. The van der Waals surface area contributed by atoms with Gasteiger partial charge in [-0.1, -0.05) is 91.0 Å².